The van der Waals surface area contributed by atoms with Gasteiger partial charge in [-0.2, -0.15) is 0 Å². The molecule has 23 heavy (non-hydrogen) atoms. The molecule has 1 aromatic carbocycles. The van der Waals surface area contributed by atoms with Crippen LogP contribution < -0.4 is 5.73 Å². The Bertz CT molecular complexity index is 479. The molecular weight excluding hydrogens is 300 g/mol. The monoisotopic (exact) mass is 323 g/mol. The lowest BCUT2D eigenvalue weighted by Gasteiger charge is -2.07. The molecular formula is C16H23BFNO4. The lowest BCUT2D eigenvalue weighted by atomic mass is 9.94. The van der Waals surface area contributed by atoms with Crippen LogP contribution >= 0.6 is 0 Å². The van der Waals surface area contributed by atoms with Gasteiger partial charge in [0.15, 0.2) is 5.78 Å². The summed E-state index contributed by atoms with van der Waals surface area (Å²) in [6, 6.07) is 5.30. The van der Waals surface area contributed by atoms with Crippen LogP contribution in [0.25, 0.3) is 0 Å². The second-order valence-electron chi connectivity index (χ2n) is 4.10. The molecule has 7 heteroatoms. The summed E-state index contributed by atoms with van der Waals surface area (Å²) in [5.74, 6) is -1.86. The zero-order valence-corrected chi connectivity index (χ0v) is 13.7. The van der Waals surface area contributed by atoms with Crippen LogP contribution in [0, 0.1) is 0 Å². The summed E-state index contributed by atoms with van der Waals surface area (Å²) in [5, 5.41) is 7.00. The fraction of sp³-hybridized carbons (Fsp3) is 0.438. The molecule has 1 aromatic rings. The number of aliphatic hydroxyl groups is 1. The molecule has 2 unspecified atom stereocenters. The van der Waals surface area contributed by atoms with E-state index in [1.807, 2.05) is 13.8 Å². The molecule has 0 fully saturated rings. The number of aldehydes is 1. The van der Waals surface area contributed by atoms with Gasteiger partial charge in [0.1, 0.15) is 6.29 Å². The summed E-state index contributed by atoms with van der Waals surface area (Å²) >= 11 is 0. The minimum atomic E-state index is -2.23. The van der Waals surface area contributed by atoms with Crippen molar-refractivity contribution in [2.24, 2.45) is 5.73 Å². The van der Waals surface area contributed by atoms with Gasteiger partial charge in [0.25, 0.3) is 0 Å². The van der Waals surface area contributed by atoms with Crippen LogP contribution in [0.1, 0.15) is 29.8 Å². The average molecular weight is 323 g/mol. The van der Waals surface area contributed by atoms with Crippen molar-refractivity contribution in [3.05, 3.63) is 35.4 Å². The number of halogens is 1. The first kappa shape index (κ1) is 23.4. The summed E-state index contributed by atoms with van der Waals surface area (Å²) in [5.41, 5.74) is 6.28. The Kier molecular flexibility index (Phi) is 14.0. The highest BCUT2D eigenvalue weighted by molar-refractivity contribution is 6.26. The van der Waals surface area contributed by atoms with E-state index >= 15 is 0 Å². The third kappa shape index (κ3) is 8.37. The van der Waals surface area contributed by atoms with Crippen molar-refractivity contribution in [2.45, 2.75) is 38.8 Å². The number of nitrogens with two attached hydrogens (primary N) is 1. The standard InChI is InChI=1S/C13H13BFNO3.C2H6.CH4O/c14-6-11(18)12(15)13(19)9-3-1-8(2-4-9)5-10(16)7-17;2*1-2/h1-4,7,10,12H,5-6,16H2;1-2H3;2H,1H3. The maximum atomic E-state index is 13.4. The van der Waals surface area contributed by atoms with Gasteiger partial charge < -0.3 is 15.6 Å². The molecule has 0 heterocycles. The highest BCUT2D eigenvalue weighted by Gasteiger charge is 2.25. The van der Waals surface area contributed by atoms with E-state index in [0.717, 1.165) is 12.7 Å². The van der Waals surface area contributed by atoms with Crippen molar-refractivity contribution in [2.75, 3.05) is 7.11 Å². The maximum absolute atomic E-state index is 13.4. The Morgan fingerprint density at radius 1 is 1.26 bits per heavy atom. The predicted molar refractivity (Wildman–Crippen MR) is 88.5 cm³/mol. The van der Waals surface area contributed by atoms with Gasteiger partial charge >= 0.3 is 0 Å². The lowest BCUT2D eigenvalue weighted by Crippen LogP contribution is -2.26. The summed E-state index contributed by atoms with van der Waals surface area (Å²) < 4.78 is 13.4. The lowest BCUT2D eigenvalue weighted by molar-refractivity contribution is -0.120. The van der Waals surface area contributed by atoms with Gasteiger partial charge in [0.05, 0.1) is 13.9 Å². The second kappa shape index (κ2) is 13.8. The molecule has 0 aliphatic carbocycles. The van der Waals surface area contributed by atoms with Gasteiger partial charge in [-0.1, -0.05) is 38.1 Å². The largest absolute Gasteiger partial charge is 0.400 e. The van der Waals surface area contributed by atoms with Crippen molar-refractivity contribution in [3.63, 3.8) is 0 Å². The number of hydrogen-bond donors (Lipinski definition) is 2. The van der Waals surface area contributed by atoms with E-state index in [0.29, 0.717) is 12.7 Å². The Balaban J connectivity index is 0. The SMILES string of the molecule is CC.CO.[B]CC(=O)C(F)C(=O)c1ccc(CC(N)C=O)cc1. The molecule has 0 aromatic heterocycles. The minimum absolute atomic E-state index is 0.0812. The van der Waals surface area contributed by atoms with E-state index in [9.17, 15) is 18.8 Å². The zero-order valence-electron chi connectivity index (χ0n) is 13.7. The van der Waals surface area contributed by atoms with Gasteiger partial charge in [0.2, 0.25) is 12.0 Å². The molecule has 1 rings (SSSR count). The average Bonchev–Trinajstić information content (AvgIpc) is 2.63. The van der Waals surface area contributed by atoms with Crippen LogP contribution in [0.5, 0.6) is 0 Å². The van der Waals surface area contributed by atoms with Gasteiger partial charge in [-0.25, -0.2) is 4.39 Å². The van der Waals surface area contributed by atoms with Crippen LogP contribution in [-0.2, 0) is 16.0 Å². The molecule has 0 bridgehead atoms. The first-order valence-corrected chi connectivity index (χ1v) is 7.15. The Hall–Kier alpha value is -1.86. The van der Waals surface area contributed by atoms with Crippen LogP contribution in [-0.4, -0.2) is 50.1 Å². The number of carbonyl (C=O) groups is 3. The highest BCUT2D eigenvalue weighted by atomic mass is 19.1. The molecule has 0 aliphatic heterocycles. The fourth-order valence-corrected chi connectivity index (χ4v) is 1.52. The van der Waals surface area contributed by atoms with Crippen LogP contribution in [0.3, 0.4) is 0 Å². The summed E-state index contributed by atoms with van der Waals surface area (Å²) in [4.78, 5) is 33.0. The molecule has 3 N–H and O–H groups in total. The van der Waals surface area contributed by atoms with E-state index in [-0.39, 0.29) is 5.56 Å². The first-order valence-electron chi connectivity index (χ1n) is 7.15. The van der Waals surface area contributed by atoms with E-state index in [4.69, 9.17) is 18.7 Å². The van der Waals surface area contributed by atoms with E-state index < -0.39 is 30.1 Å². The van der Waals surface area contributed by atoms with Crippen molar-refractivity contribution >= 4 is 25.7 Å². The van der Waals surface area contributed by atoms with E-state index in [2.05, 4.69) is 0 Å². The quantitative estimate of drug-likeness (QED) is 0.338. The van der Waals surface area contributed by atoms with Crippen LogP contribution in [0.15, 0.2) is 24.3 Å². The molecule has 0 saturated carbocycles. The van der Waals surface area contributed by atoms with Crippen LogP contribution in [0.4, 0.5) is 4.39 Å². The normalized spacial score (nSPS) is 11.7. The second-order valence-corrected chi connectivity index (χ2v) is 4.10. The molecule has 126 valence electrons. The van der Waals surface area contributed by atoms with E-state index in [1.165, 1.54) is 12.1 Å². The van der Waals surface area contributed by atoms with Crippen molar-refractivity contribution < 1.29 is 23.9 Å². The maximum Gasteiger partial charge on any atom is 0.220 e. The number of hydrogen-bond acceptors (Lipinski definition) is 5. The summed E-state index contributed by atoms with van der Waals surface area (Å²) in [7, 11) is 5.99. The molecule has 2 atom stereocenters. The number of alkyl halides is 1. The number of ketones is 2. The smallest absolute Gasteiger partial charge is 0.220 e. The Labute approximate surface area is 137 Å². The third-order valence-electron chi connectivity index (χ3n) is 2.60. The van der Waals surface area contributed by atoms with Crippen molar-refractivity contribution in [3.8, 4) is 0 Å². The van der Waals surface area contributed by atoms with Gasteiger partial charge in [-0.15, -0.1) is 0 Å². The number of benzene rings is 1. The molecule has 2 radical (unpaired) electrons. The summed E-state index contributed by atoms with van der Waals surface area (Å²) in [6.45, 7) is 4.00. The number of carbonyl (C=O) groups excluding carboxylic acids is 3. The van der Waals surface area contributed by atoms with Crippen molar-refractivity contribution in [1.82, 2.24) is 0 Å². The first-order chi connectivity index (χ1) is 11.0. The summed E-state index contributed by atoms with van der Waals surface area (Å²) in [6.07, 6.45) is -1.79. The molecule has 0 saturated heterocycles. The van der Waals surface area contributed by atoms with E-state index in [1.54, 1.807) is 12.1 Å². The third-order valence-corrected chi connectivity index (χ3v) is 2.60. The number of aliphatic hydroxyl groups excluding tert-OH is 1. The fourth-order valence-electron chi connectivity index (χ4n) is 1.52. The predicted octanol–water partition coefficient (Wildman–Crippen LogP) is 1.07. The molecule has 0 spiro atoms. The molecule has 0 amide bonds. The highest BCUT2D eigenvalue weighted by Crippen LogP contribution is 2.11. The van der Waals surface area contributed by atoms with Gasteiger partial charge in [0, 0.05) is 12.7 Å². The number of Topliss-reactive ketones (excluding diaryl/α,β-unsaturated/α-hetero) is 2. The molecule has 0 aliphatic rings. The topological polar surface area (TPSA) is 97.5 Å². The van der Waals surface area contributed by atoms with Crippen LogP contribution in [0.2, 0.25) is 6.32 Å². The minimum Gasteiger partial charge on any atom is -0.400 e. The number of rotatable bonds is 7. The Morgan fingerprint density at radius 3 is 2.13 bits per heavy atom. The van der Waals surface area contributed by atoms with Crippen molar-refractivity contribution in [1.29, 1.82) is 0 Å². The Morgan fingerprint density at radius 2 is 1.74 bits per heavy atom. The molecule has 5 nitrogen and oxygen atoms in total. The van der Waals surface area contributed by atoms with Gasteiger partial charge in [-0.05, 0) is 18.3 Å². The van der Waals surface area contributed by atoms with Gasteiger partial charge in [-0.3, -0.25) is 9.59 Å². The zero-order chi connectivity index (χ0) is 18.4.